The zero-order valence-corrected chi connectivity index (χ0v) is 19.2. The summed E-state index contributed by atoms with van der Waals surface area (Å²) in [6, 6.07) is 11.1. The van der Waals surface area contributed by atoms with E-state index in [9.17, 15) is 9.11 Å². The van der Waals surface area contributed by atoms with Crippen molar-refractivity contribution in [2.24, 2.45) is 0 Å². The second-order valence-electron chi connectivity index (χ2n) is 7.66. The molecule has 176 valence electrons. The molecule has 0 atom stereocenters. The van der Waals surface area contributed by atoms with Gasteiger partial charge in [-0.2, -0.15) is 0 Å². The molecule has 10 nitrogen and oxygen atoms in total. The fraction of sp³-hybridized carbons (Fsp3) is 0.227. The average Bonchev–Trinajstić information content (AvgIpc) is 3.30. The lowest BCUT2D eigenvalue weighted by Crippen LogP contribution is -2.11. The Bertz CT molecular complexity index is 1250. The third kappa shape index (κ3) is 4.71. The van der Waals surface area contributed by atoms with Crippen molar-refractivity contribution >= 4 is 16.4 Å². The van der Waals surface area contributed by atoms with E-state index in [4.69, 9.17) is 10.2 Å². The molecule has 0 aliphatic rings. The molecule has 0 amide bonds. The van der Waals surface area contributed by atoms with Gasteiger partial charge in [0.25, 0.3) is 5.89 Å². The monoisotopic (exact) mass is 471 g/mol. The standard InChI is InChI=1S/C22H25N7O3S.2H2/c1-13(2)33(30,31)18-9-8-16(11-25-18)17-12-26-20(23)19(27-17)22-29-28-21(32-22)15-6-4-14(5-7-15)10-24-3;;/h4-9,11-13,24,30-31H,10H2,1-3H3,(H2,23,26);2*1H. The van der Waals surface area contributed by atoms with E-state index in [1.165, 1.54) is 12.4 Å². The van der Waals surface area contributed by atoms with Crippen molar-refractivity contribution in [3.63, 3.8) is 0 Å². The lowest BCUT2D eigenvalue weighted by atomic mass is 10.1. The summed E-state index contributed by atoms with van der Waals surface area (Å²) >= 11 is 0. The lowest BCUT2D eigenvalue weighted by Gasteiger charge is -2.35. The Morgan fingerprint density at radius 1 is 1.00 bits per heavy atom. The average molecular weight is 472 g/mol. The van der Waals surface area contributed by atoms with Gasteiger partial charge in [-0.15, -0.1) is 20.8 Å². The van der Waals surface area contributed by atoms with E-state index in [0.717, 1.165) is 17.7 Å². The van der Waals surface area contributed by atoms with Crippen LogP contribution in [0, 0.1) is 0 Å². The summed E-state index contributed by atoms with van der Waals surface area (Å²) in [5.41, 5.74) is 9.31. The molecular weight excluding hydrogens is 442 g/mol. The van der Waals surface area contributed by atoms with E-state index in [0.29, 0.717) is 17.1 Å². The van der Waals surface area contributed by atoms with Crippen LogP contribution in [-0.4, -0.2) is 46.6 Å². The van der Waals surface area contributed by atoms with Crippen molar-refractivity contribution in [2.75, 3.05) is 12.8 Å². The number of nitrogens with one attached hydrogen (secondary N) is 1. The van der Waals surface area contributed by atoms with Crippen molar-refractivity contribution in [3.8, 4) is 34.3 Å². The van der Waals surface area contributed by atoms with Crippen molar-refractivity contribution in [3.05, 3.63) is 54.4 Å². The Morgan fingerprint density at radius 3 is 2.33 bits per heavy atom. The number of nitrogens with zero attached hydrogens (tertiary/aromatic N) is 5. The maximum absolute atomic E-state index is 10.3. The van der Waals surface area contributed by atoms with Crippen molar-refractivity contribution in [1.29, 1.82) is 0 Å². The van der Waals surface area contributed by atoms with E-state index >= 15 is 0 Å². The summed E-state index contributed by atoms with van der Waals surface area (Å²) < 4.78 is 26.4. The van der Waals surface area contributed by atoms with E-state index in [2.05, 4.69) is 30.5 Å². The Kier molecular flexibility index (Phi) is 6.38. The second kappa shape index (κ2) is 9.24. The first kappa shape index (κ1) is 22.8. The first-order valence-corrected chi connectivity index (χ1v) is 11.8. The molecular formula is C22H29N7O3S. The molecule has 0 fully saturated rings. The predicted molar refractivity (Wildman–Crippen MR) is 132 cm³/mol. The molecule has 0 saturated carbocycles. The van der Waals surface area contributed by atoms with Crippen molar-refractivity contribution in [2.45, 2.75) is 30.7 Å². The highest BCUT2D eigenvalue weighted by atomic mass is 32.3. The van der Waals surface area contributed by atoms with E-state index in [1.807, 2.05) is 31.3 Å². The van der Waals surface area contributed by atoms with Crippen LogP contribution >= 0.6 is 10.6 Å². The minimum Gasteiger partial charge on any atom is -0.414 e. The normalized spacial score (nSPS) is 12.3. The molecule has 3 aromatic heterocycles. The van der Waals surface area contributed by atoms with Crippen LogP contribution in [0.4, 0.5) is 5.82 Å². The number of nitrogens with two attached hydrogens (primary N) is 1. The molecule has 0 unspecified atom stereocenters. The first-order chi connectivity index (χ1) is 15.8. The molecule has 0 aliphatic heterocycles. The first-order valence-electron chi connectivity index (χ1n) is 10.2. The molecule has 3 heterocycles. The number of aromatic nitrogens is 5. The Balaban J connectivity index is 0.00000216. The van der Waals surface area contributed by atoms with Crippen molar-refractivity contribution in [1.82, 2.24) is 30.5 Å². The second-order valence-corrected chi connectivity index (χ2v) is 10.2. The molecule has 0 spiro atoms. The van der Waals surface area contributed by atoms with E-state index in [-0.39, 0.29) is 30.5 Å². The molecule has 0 radical (unpaired) electrons. The number of rotatable bonds is 7. The van der Waals surface area contributed by atoms with Crippen LogP contribution in [0.1, 0.15) is 22.3 Å². The minimum absolute atomic E-state index is 0. The highest BCUT2D eigenvalue weighted by Crippen LogP contribution is 2.51. The summed E-state index contributed by atoms with van der Waals surface area (Å²) in [6.45, 7) is 4.23. The summed E-state index contributed by atoms with van der Waals surface area (Å²) in [6.07, 6.45) is 3.02. The van der Waals surface area contributed by atoms with Gasteiger partial charge in [-0.3, -0.25) is 9.11 Å². The van der Waals surface area contributed by atoms with Crippen LogP contribution in [0.25, 0.3) is 34.3 Å². The van der Waals surface area contributed by atoms with Crippen LogP contribution < -0.4 is 11.1 Å². The number of pyridine rings is 1. The van der Waals surface area contributed by atoms with Crippen LogP contribution in [0.15, 0.2) is 58.2 Å². The smallest absolute Gasteiger partial charge is 0.270 e. The molecule has 4 rings (SSSR count). The Labute approximate surface area is 195 Å². The van der Waals surface area contributed by atoms with Gasteiger partial charge in [0.15, 0.2) is 11.5 Å². The number of benzene rings is 1. The highest BCUT2D eigenvalue weighted by Gasteiger charge is 2.22. The van der Waals surface area contributed by atoms with E-state index in [1.54, 1.807) is 26.0 Å². The molecule has 5 N–H and O–H groups in total. The van der Waals surface area contributed by atoms with Crippen LogP contribution in [0.2, 0.25) is 0 Å². The maximum atomic E-state index is 10.3. The van der Waals surface area contributed by atoms with Gasteiger partial charge in [-0.1, -0.05) is 12.1 Å². The van der Waals surface area contributed by atoms with Gasteiger partial charge in [-0.25, -0.2) is 15.0 Å². The van der Waals surface area contributed by atoms with Crippen molar-refractivity contribution < 1.29 is 16.4 Å². The Morgan fingerprint density at radius 2 is 1.70 bits per heavy atom. The maximum Gasteiger partial charge on any atom is 0.270 e. The summed E-state index contributed by atoms with van der Waals surface area (Å²) in [5, 5.41) is 11.2. The zero-order chi connectivity index (χ0) is 23.6. The number of nitrogen functional groups attached to an aromatic ring is 1. The van der Waals surface area contributed by atoms with Gasteiger partial charge in [0, 0.05) is 32.0 Å². The number of hydrogen-bond donors (Lipinski definition) is 4. The summed E-state index contributed by atoms with van der Waals surface area (Å²) in [4.78, 5) is 13.0. The van der Waals surface area contributed by atoms with Gasteiger partial charge < -0.3 is 15.5 Å². The third-order valence-corrected chi connectivity index (χ3v) is 7.18. The topological polar surface area (TPSA) is 156 Å². The number of anilines is 1. The molecule has 0 bridgehead atoms. The molecule has 11 heteroatoms. The minimum atomic E-state index is -2.97. The van der Waals surface area contributed by atoms with Gasteiger partial charge >= 0.3 is 0 Å². The van der Waals surface area contributed by atoms with Gasteiger partial charge in [0.05, 0.1) is 11.9 Å². The summed E-state index contributed by atoms with van der Waals surface area (Å²) in [7, 11) is -1.08. The molecule has 0 aliphatic carbocycles. The van der Waals surface area contributed by atoms with Gasteiger partial charge in [0.1, 0.15) is 5.03 Å². The lowest BCUT2D eigenvalue weighted by molar-refractivity contribution is 0.472. The molecule has 1 aromatic carbocycles. The van der Waals surface area contributed by atoms with Crippen LogP contribution in [0.3, 0.4) is 0 Å². The van der Waals surface area contributed by atoms with Gasteiger partial charge in [0.2, 0.25) is 5.89 Å². The fourth-order valence-corrected chi connectivity index (χ4v) is 4.01. The summed E-state index contributed by atoms with van der Waals surface area (Å²) in [5.74, 6) is 0.643. The largest absolute Gasteiger partial charge is 0.414 e. The fourth-order valence-electron chi connectivity index (χ4n) is 3.05. The third-order valence-electron chi connectivity index (χ3n) is 5.01. The zero-order valence-electron chi connectivity index (χ0n) is 18.4. The van der Waals surface area contributed by atoms with Crippen LogP contribution in [0.5, 0.6) is 0 Å². The number of hydrogen-bond acceptors (Lipinski definition) is 10. The highest BCUT2D eigenvalue weighted by molar-refractivity contribution is 8.24. The Hall–Kier alpha value is -3.38. The molecule has 4 aromatic rings. The quantitative estimate of drug-likeness (QED) is 0.301. The van der Waals surface area contributed by atoms with Gasteiger partial charge in [-0.05, 0) is 50.7 Å². The molecule has 0 saturated heterocycles. The van der Waals surface area contributed by atoms with E-state index < -0.39 is 10.6 Å². The van der Waals surface area contributed by atoms with Crippen LogP contribution in [-0.2, 0) is 6.54 Å². The predicted octanol–water partition coefficient (Wildman–Crippen LogP) is 4.57. The molecule has 33 heavy (non-hydrogen) atoms. The SMILES string of the molecule is CNCc1ccc(-c2nnc(-c3nc(-c4ccc(S(O)(O)C(C)C)nc4)cnc3N)o2)cc1.[HH].[HH].